The Morgan fingerprint density at radius 3 is 2.52 bits per heavy atom. The molecule has 0 aromatic carbocycles. The van der Waals surface area contributed by atoms with Crippen molar-refractivity contribution in [3.8, 4) is 0 Å². The highest BCUT2D eigenvalue weighted by Gasteiger charge is 2.31. The normalized spacial score (nSPS) is 24.0. The number of cyclic esters (lactones) is 1. The van der Waals surface area contributed by atoms with E-state index in [2.05, 4.69) is 4.98 Å². The van der Waals surface area contributed by atoms with Crippen LogP contribution in [0.1, 0.15) is 31.4 Å². The van der Waals surface area contributed by atoms with Gasteiger partial charge in [-0.25, -0.2) is 22.5 Å². The van der Waals surface area contributed by atoms with Crippen LogP contribution < -0.4 is 4.90 Å². The molecule has 0 saturated carbocycles. The van der Waals surface area contributed by atoms with Gasteiger partial charge in [0.05, 0.1) is 12.8 Å². The van der Waals surface area contributed by atoms with Crippen molar-refractivity contribution in [2.75, 3.05) is 30.8 Å². The second kappa shape index (κ2) is 6.09. The quantitative estimate of drug-likeness (QED) is 0.835. The molecular weight excluding hydrogens is 318 g/mol. The smallest absolute Gasteiger partial charge is 0.415 e. The summed E-state index contributed by atoms with van der Waals surface area (Å²) in [6.07, 6.45) is 2.22. The molecule has 1 unspecified atom stereocenters. The molecule has 1 aromatic heterocycles. The van der Waals surface area contributed by atoms with E-state index in [0.717, 1.165) is 18.5 Å². The third-order valence-electron chi connectivity index (χ3n) is 4.34. The standard InChI is InChI=1S/C15H21N3O4S/c1-11-10-18(15(19)22-11)14-5-3-4-13(16-14)12-6-8-17(9-7-12)23(2,20)21/h3-5,11-12H,6-10H2,1-2H3. The van der Waals surface area contributed by atoms with Gasteiger partial charge in [-0.2, -0.15) is 0 Å². The highest BCUT2D eigenvalue weighted by atomic mass is 32.2. The Labute approximate surface area is 136 Å². The molecule has 1 atom stereocenters. The molecule has 7 nitrogen and oxygen atoms in total. The van der Waals surface area contributed by atoms with Crippen LogP contribution in [0.2, 0.25) is 0 Å². The minimum atomic E-state index is -3.12. The Morgan fingerprint density at radius 2 is 1.96 bits per heavy atom. The van der Waals surface area contributed by atoms with Gasteiger partial charge in [0, 0.05) is 24.7 Å². The highest BCUT2D eigenvalue weighted by molar-refractivity contribution is 7.88. The zero-order valence-corrected chi connectivity index (χ0v) is 14.1. The predicted molar refractivity (Wildman–Crippen MR) is 85.9 cm³/mol. The third-order valence-corrected chi connectivity index (χ3v) is 5.64. The molecule has 2 aliphatic rings. The van der Waals surface area contributed by atoms with E-state index < -0.39 is 10.0 Å². The Balaban J connectivity index is 1.73. The van der Waals surface area contributed by atoms with Crippen molar-refractivity contribution in [3.63, 3.8) is 0 Å². The van der Waals surface area contributed by atoms with Crippen LogP contribution in [0.15, 0.2) is 18.2 Å². The lowest BCUT2D eigenvalue weighted by Gasteiger charge is -2.30. The summed E-state index contributed by atoms with van der Waals surface area (Å²) in [6.45, 7) is 3.38. The number of rotatable bonds is 3. The number of aromatic nitrogens is 1. The van der Waals surface area contributed by atoms with Crippen LogP contribution in [0.25, 0.3) is 0 Å². The van der Waals surface area contributed by atoms with Gasteiger partial charge >= 0.3 is 6.09 Å². The molecule has 3 heterocycles. The van der Waals surface area contributed by atoms with Crippen molar-refractivity contribution in [3.05, 3.63) is 23.9 Å². The lowest BCUT2D eigenvalue weighted by Crippen LogP contribution is -2.37. The Kier molecular flexibility index (Phi) is 4.29. The van der Waals surface area contributed by atoms with Gasteiger partial charge in [-0.1, -0.05) is 6.07 Å². The lowest BCUT2D eigenvalue weighted by molar-refractivity contribution is 0.150. The first-order chi connectivity index (χ1) is 10.8. The van der Waals surface area contributed by atoms with Gasteiger partial charge in [0.1, 0.15) is 11.9 Å². The number of amides is 1. The summed E-state index contributed by atoms with van der Waals surface area (Å²) in [4.78, 5) is 18.0. The Hall–Kier alpha value is -1.67. The molecule has 2 saturated heterocycles. The largest absolute Gasteiger partial charge is 0.444 e. The molecule has 2 fully saturated rings. The number of piperidine rings is 1. The maximum absolute atomic E-state index is 11.8. The first-order valence-electron chi connectivity index (χ1n) is 7.75. The van der Waals surface area contributed by atoms with Gasteiger partial charge in [-0.05, 0) is 31.9 Å². The number of carbonyl (C=O) groups is 1. The number of carbonyl (C=O) groups excluding carboxylic acids is 1. The number of pyridine rings is 1. The zero-order chi connectivity index (χ0) is 16.6. The molecule has 0 radical (unpaired) electrons. The number of nitrogens with zero attached hydrogens (tertiary/aromatic N) is 3. The van der Waals surface area contributed by atoms with Gasteiger partial charge in [-0.3, -0.25) is 4.90 Å². The van der Waals surface area contributed by atoms with Crippen LogP contribution in [-0.4, -0.2) is 55.8 Å². The van der Waals surface area contributed by atoms with Gasteiger partial charge in [0.2, 0.25) is 10.0 Å². The second-order valence-electron chi connectivity index (χ2n) is 6.16. The van der Waals surface area contributed by atoms with Gasteiger partial charge < -0.3 is 4.74 Å². The first kappa shape index (κ1) is 16.2. The molecule has 0 bridgehead atoms. The lowest BCUT2D eigenvalue weighted by atomic mass is 9.94. The summed E-state index contributed by atoms with van der Waals surface area (Å²) in [7, 11) is -3.12. The predicted octanol–water partition coefficient (Wildman–Crippen LogP) is 1.57. The molecule has 3 rings (SSSR count). The van der Waals surface area contributed by atoms with E-state index in [1.165, 1.54) is 10.6 Å². The summed E-state index contributed by atoms with van der Waals surface area (Å²) in [6, 6.07) is 5.63. The van der Waals surface area contributed by atoms with E-state index in [9.17, 15) is 13.2 Å². The second-order valence-corrected chi connectivity index (χ2v) is 8.14. The fourth-order valence-electron chi connectivity index (χ4n) is 3.09. The van der Waals surface area contributed by atoms with Gasteiger partial charge in [-0.15, -0.1) is 0 Å². The minimum absolute atomic E-state index is 0.133. The third kappa shape index (κ3) is 3.48. The first-order valence-corrected chi connectivity index (χ1v) is 9.59. The van der Waals surface area contributed by atoms with Crippen LogP contribution in [0, 0.1) is 0 Å². The number of sulfonamides is 1. The number of anilines is 1. The number of hydrogen-bond acceptors (Lipinski definition) is 5. The topological polar surface area (TPSA) is 79.8 Å². The Morgan fingerprint density at radius 1 is 1.26 bits per heavy atom. The number of ether oxygens (including phenoxy) is 1. The van der Waals surface area contributed by atoms with Crippen LogP contribution in [0.4, 0.5) is 10.6 Å². The maximum Gasteiger partial charge on any atom is 0.415 e. The summed E-state index contributed by atoms with van der Waals surface area (Å²) >= 11 is 0. The average molecular weight is 339 g/mol. The summed E-state index contributed by atoms with van der Waals surface area (Å²) in [5, 5.41) is 0. The molecule has 2 aliphatic heterocycles. The molecule has 8 heteroatoms. The van der Waals surface area contributed by atoms with Gasteiger partial charge in [0.15, 0.2) is 0 Å². The minimum Gasteiger partial charge on any atom is -0.444 e. The molecule has 23 heavy (non-hydrogen) atoms. The number of hydrogen-bond donors (Lipinski definition) is 0. The molecule has 0 spiro atoms. The molecular formula is C15H21N3O4S. The molecule has 1 amide bonds. The van der Waals surface area contributed by atoms with Gasteiger partial charge in [0.25, 0.3) is 0 Å². The summed E-state index contributed by atoms with van der Waals surface area (Å²) in [5.41, 5.74) is 0.906. The van der Waals surface area contributed by atoms with E-state index in [-0.39, 0.29) is 18.1 Å². The molecule has 0 aliphatic carbocycles. The Bertz CT molecular complexity index is 698. The highest BCUT2D eigenvalue weighted by Crippen LogP contribution is 2.29. The van der Waals surface area contributed by atoms with E-state index in [1.54, 1.807) is 11.0 Å². The van der Waals surface area contributed by atoms with Crippen molar-refractivity contribution in [1.29, 1.82) is 0 Å². The van der Waals surface area contributed by atoms with E-state index in [0.29, 0.717) is 25.5 Å². The van der Waals surface area contributed by atoms with Crippen molar-refractivity contribution in [2.24, 2.45) is 0 Å². The fraction of sp³-hybridized carbons (Fsp3) is 0.600. The SMILES string of the molecule is CC1CN(c2cccc(C3CCN(S(C)(=O)=O)CC3)n2)C(=O)O1. The van der Waals surface area contributed by atoms with E-state index in [1.807, 2.05) is 19.1 Å². The molecule has 0 N–H and O–H groups in total. The van der Waals surface area contributed by atoms with Crippen molar-refractivity contribution in [1.82, 2.24) is 9.29 Å². The monoisotopic (exact) mass is 339 g/mol. The van der Waals surface area contributed by atoms with Crippen molar-refractivity contribution >= 4 is 21.9 Å². The molecule has 126 valence electrons. The summed E-state index contributed by atoms with van der Waals surface area (Å²) in [5.74, 6) is 0.811. The van der Waals surface area contributed by atoms with Crippen LogP contribution in [-0.2, 0) is 14.8 Å². The van der Waals surface area contributed by atoms with E-state index in [4.69, 9.17) is 4.74 Å². The van der Waals surface area contributed by atoms with E-state index >= 15 is 0 Å². The zero-order valence-electron chi connectivity index (χ0n) is 13.3. The van der Waals surface area contributed by atoms with Crippen LogP contribution >= 0.6 is 0 Å². The fourth-order valence-corrected chi connectivity index (χ4v) is 3.97. The van der Waals surface area contributed by atoms with Crippen molar-refractivity contribution in [2.45, 2.75) is 31.8 Å². The average Bonchev–Trinajstić information content (AvgIpc) is 2.85. The van der Waals surface area contributed by atoms with Crippen molar-refractivity contribution < 1.29 is 17.9 Å². The van der Waals surface area contributed by atoms with Crippen LogP contribution in [0.5, 0.6) is 0 Å². The molecule has 1 aromatic rings. The maximum atomic E-state index is 11.8. The summed E-state index contributed by atoms with van der Waals surface area (Å²) < 4.78 is 29.8. The van der Waals surface area contributed by atoms with Crippen LogP contribution in [0.3, 0.4) is 0 Å².